The highest BCUT2D eigenvalue weighted by Gasteiger charge is 2.24. The molecule has 0 saturated carbocycles. The fourth-order valence-corrected chi connectivity index (χ4v) is 7.88. The van der Waals surface area contributed by atoms with Crippen molar-refractivity contribution in [1.29, 1.82) is 0 Å². The van der Waals surface area contributed by atoms with Gasteiger partial charge in [0.25, 0.3) is 0 Å². The maximum Gasteiger partial charge on any atom is 0.238 e. The average molecular weight is 740 g/mol. The number of rotatable bonds is 5. The third kappa shape index (κ3) is 4.87. The highest BCUT2D eigenvalue weighted by molar-refractivity contribution is 6.24. The van der Waals surface area contributed by atoms with Gasteiger partial charge in [0.2, 0.25) is 5.95 Å². The first-order valence-corrected chi connectivity index (χ1v) is 18.3. The van der Waals surface area contributed by atoms with Crippen molar-refractivity contribution in [2.24, 2.45) is 0 Å². The van der Waals surface area contributed by atoms with E-state index in [4.69, 9.17) is 24.9 Å². The van der Waals surface area contributed by atoms with Gasteiger partial charge in [-0.05, 0) is 53.5 Å². The molecule has 0 spiro atoms. The maximum atomic E-state index is 9.72. The number of hydrogen-bond donors (Lipinski definition) is 0. The van der Waals surface area contributed by atoms with Crippen LogP contribution in [0.1, 0.15) is 13.7 Å². The van der Waals surface area contributed by atoms with Crippen molar-refractivity contribution in [2.45, 2.75) is 0 Å². The van der Waals surface area contributed by atoms with Crippen LogP contribution in [-0.4, -0.2) is 24.1 Å². The second-order valence-corrected chi connectivity index (χ2v) is 13.7. The van der Waals surface area contributed by atoms with E-state index < -0.39 is 60.4 Å². The minimum absolute atomic E-state index is 0.00378. The van der Waals surface area contributed by atoms with Crippen LogP contribution in [0.3, 0.4) is 0 Å². The Kier molecular flexibility index (Phi) is 5.02. The van der Waals surface area contributed by atoms with E-state index in [1.165, 1.54) is 4.57 Å². The standard InChI is InChI=1S/C51H31N5O/c1-4-14-32(15-5-1)35-24-26-39-42-31-36(25-29-45(42)57-46(39)30-35)55-43-22-12-10-20-37(43)40-27-28-41-38-21-11-13-23-44(38)56(48(41)47(40)55)51-53-49(33-16-6-2-7-17-33)52-50(54-51)34-18-8-3-9-19-34/h1-31H/i10D,11D,12D,13D,20D,21D,22D,23D,27D,28D. The van der Waals surface area contributed by atoms with Crippen LogP contribution >= 0.6 is 0 Å². The molecule has 0 N–H and O–H groups in total. The van der Waals surface area contributed by atoms with Gasteiger partial charge in [-0.25, -0.2) is 4.98 Å². The van der Waals surface area contributed by atoms with Gasteiger partial charge in [-0.2, -0.15) is 9.97 Å². The highest BCUT2D eigenvalue weighted by atomic mass is 16.3. The van der Waals surface area contributed by atoms with E-state index in [1.807, 2.05) is 115 Å². The predicted octanol–water partition coefficient (Wildman–Crippen LogP) is 13.0. The van der Waals surface area contributed by atoms with E-state index in [0.717, 1.165) is 16.5 Å². The topological polar surface area (TPSA) is 61.7 Å². The molecule has 0 aliphatic rings. The van der Waals surface area contributed by atoms with Crippen molar-refractivity contribution in [3.8, 4) is 45.5 Å². The molecule has 12 aromatic rings. The van der Waals surface area contributed by atoms with E-state index in [-0.39, 0.29) is 61.2 Å². The third-order valence-corrected chi connectivity index (χ3v) is 10.4. The van der Waals surface area contributed by atoms with Crippen molar-refractivity contribution >= 4 is 65.6 Å². The molecular formula is C51H31N5O. The van der Waals surface area contributed by atoms with Gasteiger partial charge in [-0.3, -0.25) is 4.57 Å². The van der Waals surface area contributed by atoms with Crippen molar-refractivity contribution in [2.75, 3.05) is 0 Å². The molecule has 0 fully saturated rings. The lowest BCUT2D eigenvalue weighted by atomic mass is 10.0. The first-order chi connectivity index (χ1) is 32.4. The molecule has 12 rings (SSSR count). The zero-order valence-corrected chi connectivity index (χ0v) is 29.8. The summed E-state index contributed by atoms with van der Waals surface area (Å²) in [7, 11) is 0. The van der Waals surface area contributed by atoms with Crippen molar-refractivity contribution in [3.63, 3.8) is 0 Å². The van der Waals surface area contributed by atoms with Crippen LogP contribution in [0, 0.1) is 0 Å². The van der Waals surface area contributed by atoms with Crippen LogP contribution < -0.4 is 0 Å². The Morgan fingerprint density at radius 2 is 0.965 bits per heavy atom. The Morgan fingerprint density at radius 1 is 0.404 bits per heavy atom. The van der Waals surface area contributed by atoms with Gasteiger partial charge in [-0.15, -0.1) is 0 Å². The first-order valence-electron chi connectivity index (χ1n) is 23.3. The molecule has 6 nitrogen and oxygen atoms in total. The Labute approximate surface area is 340 Å². The molecule has 0 aliphatic heterocycles. The molecule has 8 aromatic carbocycles. The molecule has 4 heterocycles. The van der Waals surface area contributed by atoms with Crippen molar-refractivity contribution in [1.82, 2.24) is 24.1 Å². The van der Waals surface area contributed by atoms with Gasteiger partial charge in [0.1, 0.15) is 11.2 Å². The second-order valence-electron chi connectivity index (χ2n) is 13.7. The molecule has 0 atom stereocenters. The maximum absolute atomic E-state index is 9.72. The summed E-state index contributed by atoms with van der Waals surface area (Å²) >= 11 is 0. The third-order valence-electron chi connectivity index (χ3n) is 10.4. The quantitative estimate of drug-likeness (QED) is 0.176. The van der Waals surface area contributed by atoms with Gasteiger partial charge in [0, 0.05) is 49.1 Å². The Balaban J connectivity index is 1.30. The SMILES string of the molecule is [2H]c1c([2H])c([2H])c2c(c1[2H])c1c([2H])c([2H])c3c4c([2H])c([2H])c([2H])c([2H])c4n(-c4nc(-c5ccccc5)nc(-c5ccccc5)n4)c3c1n2-c1ccc2oc3cc(-c4ccccc4)ccc3c2c1. The fourth-order valence-electron chi connectivity index (χ4n) is 7.88. The number of furan rings is 1. The van der Waals surface area contributed by atoms with E-state index in [1.54, 1.807) is 16.7 Å². The minimum atomic E-state index is -0.555. The van der Waals surface area contributed by atoms with Gasteiger partial charge in [-0.1, -0.05) is 145 Å². The minimum Gasteiger partial charge on any atom is -0.456 e. The molecule has 0 amide bonds. The molecule has 0 bridgehead atoms. The summed E-state index contributed by atoms with van der Waals surface area (Å²) in [5.41, 5.74) is 4.95. The van der Waals surface area contributed by atoms with Gasteiger partial charge in [0.15, 0.2) is 11.6 Å². The van der Waals surface area contributed by atoms with Crippen molar-refractivity contribution in [3.05, 3.63) is 188 Å². The lowest BCUT2D eigenvalue weighted by Gasteiger charge is -2.13. The Morgan fingerprint density at radius 3 is 1.60 bits per heavy atom. The summed E-state index contributed by atoms with van der Waals surface area (Å²) in [5, 5.41) is 1.37. The number of para-hydroxylation sites is 2. The summed E-state index contributed by atoms with van der Waals surface area (Å²) in [6.45, 7) is 0. The second kappa shape index (κ2) is 12.3. The number of hydrogen-bond acceptors (Lipinski definition) is 4. The van der Waals surface area contributed by atoms with E-state index in [2.05, 4.69) is 0 Å². The van der Waals surface area contributed by atoms with Crippen LogP contribution in [0.25, 0.3) is 111 Å². The van der Waals surface area contributed by atoms with Crippen LogP contribution in [0.4, 0.5) is 0 Å². The van der Waals surface area contributed by atoms with E-state index in [9.17, 15) is 8.22 Å². The lowest BCUT2D eigenvalue weighted by molar-refractivity contribution is 0.669. The monoisotopic (exact) mass is 739 g/mol. The number of fused-ring (bicyclic) bond motifs is 10. The Bertz CT molecular complexity index is 4040. The molecule has 266 valence electrons. The number of nitrogens with zero attached hydrogens (tertiary/aromatic N) is 5. The van der Waals surface area contributed by atoms with Crippen molar-refractivity contribution < 1.29 is 18.1 Å². The fraction of sp³-hybridized carbons (Fsp3) is 0. The summed E-state index contributed by atoms with van der Waals surface area (Å²) in [6, 6.07) is 34.8. The molecule has 0 saturated heterocycles. The summed E-state index contributed by atoms with van der Waals surface area (Å²) in [5.74, 6) is 0.415. The normalized spacial score (nSPS) is 14.3. The highest BCUT2D eigenvalue weighted by Crippen LogP contribution is 2.42. The molecule has 0 aliphatic carbocycles. The molecule has 57 heavy (non-hydrogen) atoms. The Hall–Kier alpha value is -7.83. The van der Waals surface area contributed by atoms with Gasteiger partial charge < -0.3 is 8.98 Å². The first kappa shape index (κ1) is 23.2. The van der Waals surface area contributed by atoms with E-state index >= 15 is 0 Å². The zero-order valence-electron chi connectivity index (χ0n) is 39.8. The summed E-state index contributed by atoms with van der Waals surface area (Å²) < 4.78 is 102. The molecule has 6 heteroatoms. The molecule has 0 radical (unpaired) electrons. The summed E-state index contributed by atoms with van der Waals surface area (Å²) in [4.78, 5) is 14.9. The molecular weight excluding hydrogens is 699 g/mol. The van der Waals surface area contributed by atoms with Crippen LogP contribution in [0.5, 0.6) is 0 Å². The van der Waals surface area contributed by atoms with Crippen LogP contribution in [0.2, 0.25) is 0 Å². The van der Waals surface area contributed by atoms with Gasteiger partial charge >= 0.3 is 0 Å². The van der Waals surface area contributed by atoms with Gasteiger partial charge in [0.05, 0.1) is 35.8 Å². The van der Waals surface area contributed by atoms with Crippen LogP contribution in [-0.2, 0) is 0 Å². The lowest BCUT2D eigenvalue weighted by Crippen LogP contribution is -2.07. The zero-order chi connectivity index (χ0) is 46.2. The van der Waals surface area contributed by atoms with Crippen LogP contribution in [0.15, 0.2) is 192 Å². The molecule has 4 aromatic heterocycles. The largest absolute Gasteiger partial charge is 0.456 e. The predicted molar refractivity (Wildman–Crippen MR) is 232 cm³/mol. The average Bonchev–Trinajstić information content (AvgIpc) is 4.04. The number of benzene rings is 8. The smallest absolute Gasteiger partial charge is 0.238 e. The molecule has 0 unspecified atom stereocenters. The summed E-state index contributed by atoms with van der Waals surface area (Å²) in [6.07, 6.45) is 0. The van der Waals surface area contributed by atoms with E-state index in [0.29, 0.717) is 33.4 Å². The number of aromatic nitrogens is 5.